The molecule has 0 radical (unpaired) electrons. The fourth-order valence-electron chi connectivity index (χ4n) is 2.90. The highest BCUT2D eigenvalue weighted by Gasteiger charge is 2.24. The van der Waals surface area contributed by atoms with E-state index in [1.165, 1.54) is 6.42 Å². The van der Waals surface area contributed by atoms with Gasteiger partial charge in [0.2, 0.25) is 5.91 Å². The molecule has 0 aromatic carbocycles. The minimum atomic E-state index is -0.0267. The van der Waals surface area contributed by atoms with E-state index in [1.807, 2.05) is 11.9 Å². The van der Waals surface area contributed by atoms with Crippen molar-refractivity contribution in [1.82, 2.24) is 9.80 Å². The first-order chi connectivity index (χ1) is 8.67. The molecule has 1 heterocycles. The molecule has 19 heavy (non-hydrogen) atoms. The first-order valence-corrected chi connectivity index (χ1v) is 7.35. The Bertz CT molecular complexity index is 298. The van der Waals surface area contributed by atoms with Crippen LogP contribution in [0.25, 0.3) is 0 Å². The lowest BCUT2D eigenvalue weighted by atomic mass is 9.87. The largest absolute Gasteiger partial charge is 0.345 e. The van der Waals surface area contributed by atoms with E-state index in [2.05, 4.69) is 32.7 Å². The molecular formula is C15H31N3O. The van der Waals surface area contributed by atoms with Crippen LogP contribution in [0, 0.1) is 11.3 Å². The summed E-state index contributed by atoms with van der Waals surface area (Å²) in [4.78, 5) is 16.3. The smallest absolute Gasteiger partial charge is 0.223 e. The van der Waals surface area contributed by atoms with Crippen molar-refractivity contribution in [2.45, 2.75) is 46.1 Å². The summed E-state index contributed by atoms with van der Waals surface area (Å²) in [5, 5.41) is 0. The van der Waals surface area contributed by atoms with Gasteiger partial charge in [-0.1, -0.05) is 20.8 Å². The monoisotopic (exact) mass is 269 g/mol. The van der Waals surface area contributed by atoms with Crippen LogP contribution in [0.4, 0.5) is 0 Å². The summed E-state index contributed by atoms with van der Waals surface area (Å²) in [6.07, 6.45) is 2.55. The van der Waals surface area contributed by atoms with Gasteiger partial charge in [-0.2, -0.15) is 0 Å². The maximum atomic E-state index is 12.1. The average Bonchev–Trinajstić information content (AvgIpc) is 2.60. The standard InChI is InChI=1S/C15H31N3O/c1-15(2,3)9-13(16)8-14(19)18(5)11-12-6-7-17(4)10-12/h12-13H,6-11,16H2,1-5H3. The van der Waals surface area contributed by atoms with E-state index in [0.717, 1.165) is 26.1 Å². The second-order valence-corrected chi connectivity index (χ2v) is 7.42. The Balaban J connectivity index is 2.32. The molecule has 0 saturated carbocycles. The molecule has 4 heteroatoms. The summed E-state index contributed by atoms with van der Waals surface area (Å²) in [6, 6.07) is -0.0267. The van der Waals surface area contributed by atoms with Gasteiger partial charge in [0.05, 0.1) is 0 Å². The zero-order chi connectivity index (χ0) is 14.6. The van der Waals surface area contributed by atoms with E-state index in [-0.39, 0.29) is 17.4 Å². The summed E-state index contributed by atoms with van der Waals surface area (Å²) >= 11 is 0. The molecule has 1 aliphatic heterocycles. The number of likely N-dealkylation sites (tertiary alicyclic amines) is 1. The molecule has 2 unspecified atom stereocenters. The quantitative estimate of drug-likeness (QED) is 0.824. The Morgan fingerprint density at radius 3 is 2.58 bits per heavy atom. The Kier molecular flexibility index (Phi) is 5.81. The molecule has 0 aliphatic carbocycles. The number of carbonyl (C=O) groups excluding carboxylic acids is 1. The normalized spacial score (nSPS) is 22.5. The fourth-order valence-corrected chi connectivity index (χ4v) is 2.90. The van der Waals surface area contributed by atoms with Gasteiger partial charge in [0.1, 0.15) is 0 Å². The maximum Gasteiger partial charge on any atom is 0.223 e. The molecule has 1 fully saturated rings. The molecule has 0 spiro atoms. The predicted octanol–water partition coefficient (Wildman–Crippen LogP) is 1.55. The third-order valence-electron chi connectivity index (χ3n) is 3.76. The second-order valence-electron chi connectivity index (χ2n) is 7.42. The number of rotatable bonds is 5. The lowest BCUT2D eigenvalue weighted by Gasteiger charge is -2.26. The molecule has 1 saturated heterocycles. The van der Waals surface area contributed by atoms with Gasteiger partial charge >= 0.3 is 0 Å². The highest BCUT2D eigenvalue weighted by Crippen LogP contribution is 2.21. The topological polar surface area (TPSA) is 49.6 Å². The van der Waals surface area contributed by atoms with Crippen LogP contribution < -0.4 is 5.73 Å². The predicted molar refractivity (Wildman–Crippen MR) is 79.9 cm³/mol. The van der Waals surface area contributed by atoms with Gasteiger partial charge in [-0.05, 0) is 37.8 Å². The Labute approximate surface area is 118 Å². The molecule has 2 N–H and O–H groups in total. The molecule has 4 nitrogen and oxygen atoms in total. The molecule has 1 rings (SSSR count). The number of nitrogens with zero attached hydrogens (tertiary/aromatic N) is 2. The molecule has 2 atom stereocenters. The zero-order valence-corrected chi connectivity index (χ0v) is 13.3. The van der Waals surface area contributed by atoms with E-state index < -0.39 is 0 Å². The van der Waals surface area contributed by atoms with Crippen molar-refractivity contribution in [3.05, 3.63) is 0 Å². The summed E-state index contributed by atoms with van der Waals surface area (Å²) in [5.74, 6) is 0.809. The molecule has 1 aliphatic rings. The molecule has 1 amide bonds. The van der Waals surface area contributed by atoms with E-state index in [0.29, 0.717) is 12.3 Å². The molecular weight excluding hydrogens is 238 g/mol. The second kappa shape index (κ2) is 6.71. The van der Waals surface area contributed by atoms with E-state index in [1.54, 1.807) is 0 Å². The Hall–Kier alpha value is -0.610. The SMILES string of the molecule is CN1CCC(CN(C)C(=O)CC(N)CC(C)(C)C)C1. The van der Waals surface area contributed by atoms with Crippen LogP contribution in [0.5, 0.6) is 0 Å². The van der Waals surface area contributed by atoms with E-state index in [9.17, 15) is 4.79 Å². The molecule has 0 aromatic rings. The number of nitrogens with two attached hydrogens (primary N) is 1. The number of carbonyl (C=O) groups is 1. The summed E-state index contributed by atoms with van der Waals surface area (Å²) in [5.41, 5.74) is 6.26. The minimum absolute atomic E-state index is 0.0267. The first-order valence-electron chi connectivity index (χ1n) is 7.35. The van der Waals surface area contributed by atoms with Gasteiger partial charge < -0.3 is 15.5 Å². The van der Waals surface area contributed by atoms with Crippen molar-refractivity contribution >= 4 is 5.91 Å². The van der Waals surface area contributed by atoms with Crippen LogP contribution >= 0.6 is 0 Å². The van der Waals surface area contributed by atoms with Crippen molar-refractivity contribution in [3.8, 4) is 0 Å². The van der Waals surface area contributed by atoms with Crippen LogP contribution in [0.1, 0.15) is 40.0 Å². The van der Waals surface area contributed by atoms with Gasteiger partial charge in [0, 0.05) is 32.6 Å². The molecule has 0 aromatic heterocycles. The van der Waals surface area contributed by atoms with Crippen molar-refractivity contribution < 1.29 is 4.79 Å². The van der Waals surface area contributed by atoms with Crippen molar-refractivity contribution in [2.75, 3.05) is 33.7 Å². The van der Waals surface area contributed by atoms with Crippen LogP contribution in [0.15, 0.2) is 0 Å². The van der Waals surface area contributed by atoms with E-state index in [4.69, 9.17) is 5.73 Å². The molecule has 112 valence electrons. The average molecular weight is 269 g/mol. The first kappa shape index (κ1) is 16.4. The van der Waals surface area contributed by atoms with Crippen LogP contribution in [0.3, 0.4) is 0 Å². The van der Waals surface area contributed by atoms with Crippen molar-refractivity contribution in [3.63, 3.8) is 0 Å². The number of hydrogen-bond donors (Lipinski definition) is 1. The van der Waals surface area contributed by atoms with E-state index >= 15 is 0 Å². The van der Waals surface area contributed by atoms with Crippen LogP contribution in [-0.2, 0) is 4.79 Å². The lowest BCUT2D eigenvalue weighted by molar-refractivity contribution is -0.130. The Morgan fingerprint density at radius 1 is 1.47 bits per heavy atom. The third-order valence-corrected chi connectivity index (χ3v) is 3.76. The summed E-state index contributed by atoms with van der Waals surface area (Å²) in [7, 11) is 4.05. The third kappa shape index (κ3) is 6.39. The highest BCUT2D eigenvalue weighted by atomic mass is 16.2. The van der Waals surface area contributed by atoms with Gasteiger partial charge in [-0.3, -0.25) is 4.79 Å². The van der Waals surface area contributed by atoms with Gasteiger partial charge in [0.15, 0.2) is 0 Å². The fraction of sp³-hybridized carbons (Fsp3) is 0.933. The minimum Gasteiger partial charge on any atom is -0.345 e. The number of hydrogen-bond acceptors (Lipinski definition) is 3. The van der Waals surface area contributed by atoms with Crippen molar-refractivity contribution in [2.24, 2.45) is 17.1 Å². The Morgan fingerprint density at radius 2 is 2.11 bits per heavy atom. The molecule has 0 bridgehead atoms. The highest BCUT2D eigenvalue weighted by molar-refractivity contribution is 5.76. The van der Waals surface area contributed by atoms with Crippen LogP contribution in [-0.4, -0.2) is 55.5 Å². The van der Waals surface area contributed by atoms with Crippen molar-refractivity contribution in [1.29, 1.82) is 0 Å². The lowest BCUT2D eigenvalue weighted by Crippen LogP contribution is -2.37. The van der Waals surface area contributed by atoms with Gasteiger partial charge in [-0.25, -0.2) is 0 Å². The van der Waals surface area contributed by atoms with Gasteiger partial charge in [-0.15, -0.1) is 0 Å². The summed E-state index contributed by atoms with van der Waals surface area (Å²) in [6.45, 7) is 9.60. The van der Waals surface area contributed by atoms with Crippen LogP contribution in [0.2, 0.25) is 0 Å². The van der Waals surface area contributed by atoms with Gasteiger partial charge in [0.25, 0.3) is 0 Å². The maximum absolute atomic E-state index is 12.1. The zero-order valence-electron chi connectivity index (χ0n) is 13.3. The number of amides is 1. The summed E-state index contributed by atoms with van der Waals surface area (Å²) < 4.78 is 0.